The minimum absolute atomic E-state index is 0.147. The van der Waals surface area contributed by atoms with Gasteiger partial charge in [0.1, 0.15) is 0 Å². The maximum absolute atomic E-state index is 12.0. The topological polar surface area (TPSA) is 58.2 Å². The monoisotopic (exact) mass is 312 g/mol. The zero-order chi connectivity index (χ0) is 14.4. The Balaban J connectivity index is 1.88. The van der Waals surface area contributed by atoms with E-state index in [1.54, 1.807) is 23.1 Å². The van der Waals surface area contributed by atoms with Crippen LogP contribution >= 0.6 is 23.1 Å². The molecule has 2 amide bonds. The number of thiophene rings is 1. The van der Waals surface area contributed by atoms with E-state index in [1.807, 2.05) is 12.3 Å². The van der Waals surface area contributed by atoms with Gasteiger partial charge in [-0.1, -0.05) is 6.42 Å². The fourth-order valence-electron chi connectivity index (χ4n) is 2.22. The van der Waals surface area contributed by atoms with Crippen molar-refractivity contribution in [1.29, 1.82) is 0 Å². The Bertz CT molecular complexity index is 462. The zero-order valence-corrected chi connectivity index (χ0v) is 13.3. The molecule has 2 rings (SSSR count). The fraction of sp³-hybridized carbons (Fsp3) is 0.571. The van der Waals surface area contributed by atoms with Gasteiger partial charge in [-0.15, -0.1) is 11.3 Å². The molecule has 4 nitrogen and oxygen atoms in total. The minimum atomic E-state index is -0.208. The summed E-state index contributed by atoms with van der Waals surface area (Å²) in [5.41, 5.74) is 6.27. The molecule has 0 fully saturated rings. The highest BCUT2D eigenvalue weighted by Crippen LogP contribution is 2.28. The second-order valence-corrected chi connectivity index (χ2v) is 6.99. The Kier molecular flexibility index (Phi) is 5.91. The lowest BCUT2D eigenvalue weighted by Gasteiger charge is -2.05. The molecule has 0 radical (unpaired) electrons. The van der Waals surface area contributed by atoms with Gasteiger partial charge in [0, 0.05) is 17.1 Å². The predicted molar refractivity (Wildman–Crippen MR) is 84.2 cm³/mol. The van der Waals surface area contributed by atoms with Crippen LogP contribution < -0.4 is 10.9 Å². The summed E-state index contributed by atoms with van der Waals surface area (Å²) in [5.74, 6) is 0.404. The van der Waals surface area contributed by atoms with Crippen molar-refractivity contribution < 1.29 is 9.59 Å². The molecule has 0 aliphatic heterocycles. The summed E-state index contributed by atoms with van der Waals surface area (Å²) < 4.78 is 0. The van der Waals surface area contributed by atoms with Crippen LogP contribution in [-0.4, -0.2) is 23.8 Å². The molecule has 110 valence electrons. The highest BCUT2D eigenvalue weighted by atomic mass is 32.2. The van der Waals surface area contributed by atoms with Crippen LogP contribution in [0.4, 0.5) is 0 Å². The van der Waals surface area contributed by atoms with E-state index in [0.717, 1.165) is 18.6 Å². The van der Waals surface area contributed by atoms with Crippen molar-refractivity contribution in [3.63, 3.8) is 0 Å². The number of carbonyl (C=O) groups is 2. The summed E-state index contributed by atoms with van der Waals surface area (Å²) in [6.45, 7) is 0. The van der Waals surface area contributed by atoms with E-state index in [1.165, 1.54) is 29.7 Å². The molecular weight excluding hydrogens is 292 g/mol. The molecule has 0 saturated heterocycles. The van der Waals surface area contributed by atoms with Gasteiger partial charge in [-0.25, -0.2) is 0 Å². The molecule has 1 aromatic heterocycles. The Morgan fingerprint density at radius 3 is 2.85 bits per heavy atom. The first-order valence-electron chi connectivity index (χ1n) is 6.90. The number of hydrazine groups is 1. The number of fused-ring (bicyclic) bond motifs is 1. The van der Waals surface area contributed by atoms with Crippen molar-refractivity contribution >= 4 is 34.9 Å². The third kappa shape index (κ3) is 4.24. The number of hydrogen-bond acceptors (Lipinski definition) is 4. The number of aryl methyl sites for hydroxylation is 2. The average molecular weight is 312 g/mol. The smallest absolute Gasteiger partial charge is 0.273 e. The number of thioether (sulfide) groups is 1. The van der Waals surface area contributed by atoms with Crippen molar-refractivity contribution in [2.24, 2.45) is 0 Å². The first-order valence-corrected chi connectivity index (χ1v) is 9.11. The van der Waals surface area contributed by atoms with E-state index >= 15 is 0 Å². The largest absolute Gasteiger partial charge is 0.279 e. The average Bonchev–Trinajstić information content (AvgIpc) is 2.73. The van der Waals surface area contributed by atoms with Crippen LogP contribution in [0.25, 0.3) is 0 Å². The summed E-state index contributed by atoms with van der Waals surface area (Å²) in [6, 6.07) is 1.98. The molecule has 0 bridgehead atoms. The van der Waals surface area contributed by atoms with Crippen molar-refractivity contribution in [2.75, 3.05) is 12.0 Å². The van der Waals surface area contributed by atoms with Crippen LogP contribution in [0.1, 0.15) is 45.8 Å². The van der Waals surface area contributed by atoms with Crippen LogP contribution in [0.15, 0.2) is 6.07 Å². The van der Waals surface area contributed by atoms with Crippen molar-refractivity contribution in [3.05, 3.63) is 21.4 Å². The summed E-state index contributed by atoms with van der Waals surface area (Å²) in [7, 11) is 0. The highest BCUT2D eigenvalue weighted by molar-refractivity contribution is 7.98. The second kappa shape index (κ2) is 7.69. The van der Waals surface area contributed by atoms with Crippen LogP contribution in [0, 0.1) is 0 Å². The van der Waals surface area contributed by atoms with Gasteiger partial charge in [0.25, 0.3) is 5.91 Å². The molecule has 0 aromatic carbocycles. The minimum Gasteiger partial charge on any atom is -0.273 e. The summed E-state index contributed by atoms with van der Waals surface area (Å²) >= 11 is 3.17. The maximum Gasteiger partial charge on any atom is 0.279 e. The number of amides is 2. The van der Waals surface area contributed by atoms with Gasteiger partial charge in [0.2, 0.25) is 5.91 Å². The molecule has 20 heavy (non-hydrogen) atoms. The standard InChI is InChI=1S/C14H20N2O2S2/c1-19-8-7-13(17)15-16-14(18)12-9-10-5-3-2-4-6-11(10)20-12/h9H,2-8H2,1H3,(H,15,17)(H,16,18). The Morgan fingerprint density at radius 2 is 2.05 bits per heavy atom. The Hall–Kier alpha value is -1.01. The number of hydrogen-bond donors (Lipinski definition) is 2. The quantitative estimate of drug-likeness (QED) is 0.663. The van der Waals surface area contributed by atoms with Gasteiger partial charge in [-0.3, -0.25) is 20.4 Å². The SMILES string of the molecule is CSCCC(=O)NNC(=O)c1cc2c(s1)CCCCC2. The maximum atomic E-state index is 12.0. The summed E-state index contributed by atoms with van der Waals surface area (Å²) in [5, 5.41) is 0. The highest BCUT2D eigenvalue weighted by Gasteiger charge is 2.16. The van der Waals surface area contributed by atoms with Gasteiger partial charge in [-0.2, -0.15) is 11.8 Å². The van der Waals surface area contributed by atoms with Crippen LogP contribution in [0.2, 0.25) is 0 Å². The van der Waals surface area contributed by atoms with E-state index in [-0.39, 0.29) is 11.8 Å². The first kappa shape index (κ1) is 15.4. The molecule has 1 aromatic rings. The molecule has 2 N–H and O–H groups in total. The number of nitrogens with one attached hydrogen (secondary N) is 2. The van der Waals surface area contributed by atoms with E-state index in [0.29, 0.717) is 11.3 Å². The van der Waals surface area contributed by atoms with Crippen LogP contribution in [-0.2, 0) is 17.6 Å². The Morgan fingerprint density at radius 1 is 1.25 bits per heavy atom. The lowest BCUT2D eigenvalue weighted by molar-refractivity contribution is -0.121. The van der Waals surface area contributed by atoms with E-state index < -0.39 is 0 Å². The second-order valence-electron chi connectivity index (χ2n) is 4.86. The van der Waals surface area contributed by atoms with Gasteiger partial charge in [0.05, 0.1) is 4.88 Å². The van der Waals surface area contributed by atoms with Crippen LogP contribution in [0.5, 0.6) is 0 Å². The molecule has 0 unspecified atom stereocenters. The zero-order valence-electron chi connectivity index (χ0n) is 11.7. The normalized spacial score (nSPS) is 14.2. The van der Waals surface area contributed by atoms with E-state index in [4.69, 9.17) is 0 Å². The lowest BCUT2D eigenvalue weighted by atomic mass is 10.1. The molecule has 1 aliphatic rings. The van der Waals surface area contributed by atoms with Crippen molar-refractivity contribution in [3.8, 4) is 0 Å². The Labute approximate surface area is 127 Å². The third-order valence-corrected chi connectivity index (χ3v) is 5.17. The van der Waals surface area contributed by atoms with Gasteiger partial charge >= 0.3 is 0 Å². The summed E-state index contributed by atoms with van der Waals surface area (Å²) in [4.78, 5) is 25.5. The molecule has 1 heterocycles. The predicted octanol–water partition coefficient (Wildman–Crippen LogP) is 2.53. The van der Waals surface area contributed by atoms with Crippen molar-refractivity contribution in [2.45, 2.75) is 38.5 Å². The lowest BCUT2D eigenvalue weighted by Crippen LogP contribution is -2.41. The molecule has 0 atom stereocenters. The van der Waals surface area contributed by atoms with Gasteiger partial charge in [-0.05, 0) is 43.6 Å². The van der Waals surface area contributed by atoms with Crippen molar-refractivity contribution in [1.82, 2.24) is 10.9 Å². The number of carbonyl (C=O) groups excluding carboxylic acids is 2. The molecular formula is C14H20N2O2S2. The molecule has 6 heteroatoms. The molecule has 0 spiro atoms. The molecule has 0 saturated carbocycles. The van der Waals surface area contributed by atoms with Crippen LogP contribution in [0.3, 0.4) is 0 Å². The van der Waals surface area contributed by atoms with Gasteiger partial charge < -0.3 is 0 Å². The molecule has 1 aliphatic carbocycles. The first-order chi connectivity index (χ1) is 9.70. The number of rotatable bonds is 4. The van der Waals surface area contributed by atoms with E-state index in [9.17, 15) is 9.59 Å². The summed E-state index contributed by atoms with van der Waals surface area (Å²) in [6.07, 6.45) is 8.20. The fourth-order valence-corrected chi connectivity index (χ4v) is 3.76. The van der Waals surface area contributed by atoms with Gasteiger partial charge in [0.15, 0.2) is 0 Å². The van der Waals surface area contributed by atoms with E-state index in [2.05, 4.69) is 10.9 Å². The third-order valence-electron chi connectivity index (χ3n) is 3.32.